The third kappa shape index (κ3) is 2.20. The van der Waals surface area contributed by atoms with Crippen LogP contribution < -0.4 is 5.56 Å². The minimum absolute atomic E-state index is 0.0118. The Balaban J connectivity index is 1.97. The fraction of sp³-hybridized carbons (Fsp3) is 0.286. The van der Waals surface area contributed by atoms with Gasteiger partial charge in [-0.2, -0.15) is 5.10 Å². The fourth-order valence-electron chi connectivity index (χ4n) is 2.27. The van der Waals surface area contributed by atoms with Crippen LogP contribution in [0.25, 0.3) is 11.0 Å². The average Bonchev–Trinajstić information content (AvgIpc) is 2.84. The van der Waals surface area contributed by atoms with Crippen molar-refractivity contribution in [3.05, 3.63) is 52.5 Å². The lowest BCUT2D eigenvalue weighted by atomic mass is 10.1. The number of nitrogens with zero attached hydrogens (tertiary/aromatic N) is 4. The lowest BCUT2D eigenvalue weighted by Gasteiger charge is -2.13. The van der Waals surface area contributed by atoms with E-state index in [1.807, 2.05) is 19.9 Å². The van der Waals surface area contributed by atoms with E-state index >= 15 is 0 Å². The predicted molar refractivity (Wildman–Crippen MR) is 75.5 cm³/mol. The molecule has 1 unspecified atom stereocenters. The van der Waals surface area contributed by atoms with Crippen LogP contribution in [0.3, 0.4) is 0 Å². The minimum Gasteiger partial charge on any atom is -0.295 e. The highest BCUT2D eigenvalue weighted by Crippen LogP contribution is 2.12. The zero-order valence-corrected chi connectivity index (χ0v) is 11.4. The molecule has 0 aliphatic heterocycles. The number of hydrogen-bond acceptors (Lipinski definition) is 4. The summed E-state index contributed by atoms with van der Waals surface area (Å²) in [5, 5.41) is 7.65. The molecule has 0 aliphatic carbocycles. The molecular weight excluding hydrogens is 254 g/mol. The second-order valence-electron chi connectivity index (χ2n) is 4.93. The molecule has 0 fully saturated rings. The SMILES string of the molecule is Cc1cc(CC(C)n2cnc3ncccc3c2=O)n[nH]1. The van der Waals surface area contributed by atoms with Crippen molar-refractivity contribution in [2.75, 3.05) is 0 Å². The maximum absolute atomic E-state index is 12.4. The highest BCUT2D eigenvalue weighted by atomic mass is 16.1. The normalized spacial score (nSPS) is 12.7. The molecule has 1 atom stereocenters. The Morgan fingerprint density at radius 2 is 2.25 bits per heavy atom. The second kappa shape index (κ2) is 4.88. The van der Waals surface area contributed by atoms with Crippen LogP contribution in [0.15, 0.2) is 35.5 Å². The van der Waals surface area contributed by atoms with Gasteiger partial charge in [-0.1, -0.05) is 0 Å². The van der Waals surface area contributed by atoms with Crippen molar-refractivity contribution in [1.82, 2.24) is 24.7 Å². The quantitative estimate of drug-likeness (QED) is 0.784. The van der Waals surface area contributed by atoms with E-state index in [-0.39, 0.29) is 11.6 Å². The van der Waals surface area contributed by atoms with Crippen molar-refractivity contribution in [1.29, 1.82) is 0 Å². The van der Waals surface area contributed by atoms with Gasteiger partial charge in [0, 0.05) is 24.4 Å². The number of rotatable bonds is 3. The standard InChI is InChI=1S/C14H15N5O/c1-9-6-11(18-17-9)7-10(2)19-8-16-13-12(14(19)20)4-3-5-15-13/h3-6,8,10H,7H2,1-2H3,(H,17,18). The highest BCUT2D eigenvalue weighted by molar-refractivity contribution is 5.72. The number of aryl methyl sites for hydroxylation is 1. The van der Waals surface area contributed by atoms with Crippen molar-refractivity contribution in [2.45, 2.75) is 26.3 Å². The maximum Gasteiger partial charge on any atom is 0.263 e. The summed E-state index contributed by atoms with van der Waals surface area (Å²) in [5.41, 5.74) is 2.37. The third-order valence-corrected chi connectivity index (χ3v) is 3.29. The zero-order valence-electron chi connectivity index (χ0n) is 11.4. The first-order valence-electron chi connectivity index (χ1n) is 6.48. The van der Waals surface area contributed by atoms with Crippen LogP contribution in [0.4, 0.5) is 0 Å². The van der Waals surface area contributed by atoms with Crippen LogP contribution in [-0.2, 0) is 6.42 Å². The number of aromatic nitrogens is 5. The van der Waals surface area contributed by atoms with Crippen molar-refractivity contribution in [2.24, 2.45) is 0 Å². The van der Waals surface area contributed by atoms with Gasteiger partial charge in [-0.15, -0.1) is 0 Å². The molecule has 0 saturated heterocycles. The molecule has 3 heterocycles. The number of H-pyrrole nitrogens is 1. The summed E-state index contributed by atoms with van der Waals surface area (Å²) in [6.07, 6.45) is 3.87. The Hall–Kier alpha value is -2.50. The molecular formula is C14H15N5O. The maximum atomic E-state index is 12.4. The van der Waals surface area contributed by atoms with E-state index < -0.39 is 0 Å². The Kier molecular flexibility index (Phi) is 3.06. The van der Waals surface area contributed by atoms with Crippen LogP contribution >= 0.6 is 0 Å². The number of nitrogens with one attached hydrogen (secondary N) is 1. The van der Waals surface area contributed by atoms with Gasteiger partial charge in [0.05, 0.1) is 11.1 Å². The van der Waals surface area contributed by atoms with Gasteiger partial charge in [0.25, 0.3) is 5.56 Å². The number of aromatic amines is 1. The van der Waals surface area contributed by atoms with Crippen LogP contribution in [0.5, 0.6) is 0 Å². The first kappa shape index (κ1) is 12.5. The predicted octanol–water partition coefficient (Wildman–Crippen LogP) is 1.63. The van der Waals surface area contributed by atoms with Gasteiger partial charge in [0.2, 0.25) is 0 Å². The molecule has 1 N–H and O–H groups in total. The molecule has 3 aromatic rings. The number of pyridine rings is 1. The van der Waals surface area contributed by atoms with Crippen molar-refractivity contribution in [3.8, 4) is 0 Å². The summed E-state index contributed by atoms with van der Waals surface area (Å²) in [5.74, 6) is 0. The van der Waals surface area contributed by atoms with Gasteiger partial charge in [-0.05, 0) is 32.0 Å². The summed E-state index contributed by atoms with van der Waals surface area (Å²) < 4.78 is 1.63. The van der Waals surface area contributed by atoms with Gasteiger partial charge >= 0.3 is 0 Å². The summed E-state index contributed by atoms with van der Waals surface area (Å²) in [7, 11) is 0. The van der Waals surface area contributed by atoms with Gasteiger partial charge in [-0.25, -0.2) is 9.97 Å². The Morgan fingerprint density at radius 3 is 3.00 bits per heavy atom. The molecule has 6 heteroatoms. The molecule has 0 bridgehead atoms. The van der Waals surface area contributed by atoms with Gasteiger partial charge in [-0.3, -0.25) is 14.5 Å². The Morgan fingerprint density at radius 1 is 1.40 bits per heavy atom. The minimum atomic E-state index is -0.0668. The van der Waals surface area contributed by atoms with E-state index in [1.165, 1.54) is 0 Å². The largest absolute Gasteiger partial charge is 0.295 e. The van der Waals surface area contributed by atoms with E-state index in [1.54, 1.807) is 29.2 Å². The smallest absolute Gasteiger partial charge is 0.263 e. The molecule has 3 aromatic heterocycles. The van der Waals surface area contributed by atoms with Gasteiger partial charge in [0.1, 0.15) is 6.33 Å². The van der Waals surface area contributed by atoms with E-state index in [9.17, 15) is 4.79 Å². The van der Waals surface area contributed by atoms with Crippen LogP contribution in [0, 0.1) is 6.92 Å². The van der Waals surface area contributed by atoms with Crippen LogP contribution in [0.2, 0.25) is 0 Å². The Bertz CT molecular complexity index is 804. The molecule has 20 heavy (non-hydrogen) atoms. The summed E-state index contributed by atoms with van der Waals surface area (Å²) in [4.78, 5) is 20.7. The first-order valence-corrected chi connectivity index (χ1v) is 6.48. The lowest BCUT2D eigenvalue weighted by molar-refractivity contribution is 0.517. The lowest BCUT2D eigenvalue weighted by Crippen LogP contribution is -2.25. The zero-order chi connectivity index (χ0) is 14.1. The van der Waals surface area contributed by atoms with Crippen molar-refractivity contribution >= 4 is 11.0 Å². The average molecular weight is 269 g/mol. The van der Waals surface area contributed by atoms with E-state index in [4.69, 9.17) is 0 Å². The number of fused-ring (bicyclic) bond motifs is 1. The topological polar surface area (TPSA) is 76.5 Å². The van der Waals surface area contributed by atoms with Crippen molar-refractivity contribution < 1.29 is 0 Å². The molecule has 0 aromatic carbocycles. The van der Waals surface area contributed by atoms with E-state index in [2.05, 4.69) is 20.2 Å². The van der Waals surface area contributed by atoms with Crippen molar-refractivity contribution in [3.63, 3.8) is 0 Å². The molecule has 0 spiro atoms. The fourth-order valence-corrected chi connectivity index (χ4v) is 2.27. The Labute approximate surface area is 115 Å². The van der Waals surface area contributed by atoms with E-state index in [0.29, 0.717) is 17.5 Å². The van der Waals surface area contributed by atoms with Gasteiger partial charge in [0.15, 0.2) is 5.65 Å². The monoisotopic (exact) mass is 269 g/mol. The molecule has 0 aliphatic rings. The van der Waals surface area contributed by atoms with Crippen LogP contribution in [0.1, 0.15) is 24.4 Å². The molecule has 0 saturated carbocycles. The molecule has 3 rings (SSSR count). The van der Waals surface area contributed by atoms with Crippen LogP contribution in [-0.4, -0.2) is 24.7 Å². The molecule has 6 nitrogen and oxygen atoms in total. The second-order valence-corrected chi connectivity index (χ2v) is 4.93. The van der Waals surface area contributed by atoms with E-state index in [0.717, 1.165) is 11.4 Å². The summed E-state index contributed by atoms with van der Waals surface area (Å²) in [6.45, 7) is 3.94. The summed E-state index contributed by atoms with van der Waals surface area (Å²) >= 11 is 0. The first-order chi connectivity index (χ1) is 9.65. The van der Waals surface area contributed by atoms with Gasteiger partial charge < -0.3 is 0 Å². The highest BCUT2D eigenvalue weighted by Gasteiger charge is 2.12. The third-order valence-electron chi connectivity index (χ3n) is 3.29. The number of hydrogen-bond donors (Lipinski definition) is 1. The molecule has 0 radical (unpaired) electrons. The molecule has 0 amide bonds. The summed E-state index contributed by atoms with van der Waals surface area (Å²) in [6, 6.07) is 5.47. The molecule has 102 valence electrons.